The maximum Gasteiger partial charge on any atom is 0.421 e. The van der Waals surface area contributed by atoms with Gasteiger partial charge in [0.15, 0.2) is 5.65 Å². The predicted molar refractivity (Wildman–Crippen MR) is 51.5 cm³/mol. The summed E-state index contributed by atoms with van der Waals surface area (Å²) in [6.45, 7) is 0. The Morgan fingerprint density at radius 2 is 2.36 bits per heavy atom. The molecular weight excluding hydrogens is 254 g/mol. The van der Waals surface area contributed by atoms with Gasteiger partial charge in [0.05, 0.1) is 5.52 Å². The van der Waals surface area contributed by atoms with Crippen molar-refractivity contribution in [3.8, 4) is 0 Å². The predicted octanol–water partition coefficient (Wildman–Crippen LogP) is 1.01. The van der Waals surface area contributed by atoms with Crippen LogP contribution in [-0.4, -0.2) is 25.7 Å². The summed E-state index contributed by atoms with van der Waals surface area (Å²) in [6.07, 6.45) is 0.0748. The Kier molecular flexibility index (Phi) is 1.88. The highest BCUT2D eigenvalue weighted by molar-refractivity contribution is 9.10. The number of carbonyl (C=O) groups is 1. The first-order valence-corrected chi connectivity index (χ1v) is 4.38. The molecule has 0 aliphatic heterocycles. The maximum atomic E-state index is 11.2. The largest absolute Gasteiger partial charge is 0.464 e. The number of fused-ring (bicyclic) bond motifs is 1. The van der Waals surface area contributed by atoms with E-state index in [1.54, 1.807) is 6.07 Å². The number of nitrogens with zero attached hydrogens (tertiary/aromatic N) is 2. The Balaban J connectivity index is 2.91. The Morgan fingerprint density at radius 1 is 1.64 bits per heavy atom. The lowest BCUT2D eigenvalue weighted by Gasteiger charge is -1.93. The summed E-state index contributed by atoms with van der Waals surface area (Å²) in [6, 6.07) is 1.59. The number of aromatic nitrogens is 3. The van der Waals surface area contributed by atoms with Gasteiger partial charge >= 0.3 is 11.8 Å². The molecular formula is C7H4BrN3O3. The van der Waals surface area contributed by atoms with Crippen LogP contribution in [0, 0.1) is 0 Å². The van der Waals surface area contributed by atoms with Crippen molar-refractivity contribution in [2.24, 2.45) is 0 Å². The topological polar surface area (TPSA) is 88.0 Å². The van der Waals surface area contributed by atoms with Crippen molar-refractivity contribution in [2.45, 2.75) is 0 Å². The first kappa shape index (κ1) is 8.95. The highest BCUT2D eigenvalue weighted by Gasteiger charge is 2.13. The summed E-state index contributed by atoms with van der Waals surface area (Å²) >= 11 is 3.16. The summed E-state index contributed by atoms with van der Waals surface area (Å²) in [4.78, 5) is 28.0. The van der Waals surface area contributed by atoms with Crippen molar-refractivity contribution >= 4 is 33.2 Å². The lowest BCUT2D eigenvalue weighted by Crippen LogP contribution is -2.23. The van der Waals surface area contributed by atoms with Gasteiger partial charge in [-0.05, 0) is 22.0 Å². The van der Waals surface area contributed by atoms with E-state index in [-0.39, 0.29) is 5.65 Å². The number of carboxylic acid groups (broad SMARTS) is 1. The molecule has 14 heavy (non-hydrogen) atoms. The molecule has 2 heterocycles. The highest BCUT2D eigenvalue weighted by atomic mass is 79.9. The van der Waals surface area contributed by atoms with Crippen LogP contribution in [-0.2, 0) is 0 Å². The smallest absolute Gasteiger partial charge is 0.421 e. The van der Waals surface area contributed by atoms with Crippen LogP contribution in [0.5, 0.6) is 0 Å². The molecule has 0 bridgehead atoms. The van der Waals surface area contributed by atoms with Crippen LogP contribution in [0.25, 0.3) is 11.2 Å². The van der Waals surface area contributed by atoms with E-state index in [1.807, 2.05) is 0 Å². The summed E-state index contributed by atoms with van der Waals surface area (Å²) < 4.78 is 1.23. The molecule has 0 saturated heterocycles. The van der Waals surface area contributed by atoms with Crippen LogP contribution in [0.4, 0.5) is 4.79 Å². The third-order valence-corrected chi connectivity index (χ3v) is 2.11. The van der Waals surface area contributed by atoms with E-state index in [4.69, 9.17) is 5.11 Å². The minimum absolute atomic E-state index is 0.103. The molecule has 0 aromatic carbocycles. The van der Waals surface area contributed by atoms with Gasteiger partial charge in [-0.1, -0.05) is 0 Å². The standard InChI is InChI=1S/C7H4BrN3O3/c8-3-1-4-5(9-2-3)11(7(13)14)6(12)10-4/h1-2H,(H,10,12)(H,13,14). The average molecular weight is 258 g/mol. The first-order valence-electron chi connectivity index (χ1n) is 3.59. The molecule has 0 aliphatic carbocycles. The molecule has 2 rings (SSSR count). The zero-order chi connectivity index (χ0) is 10.3. The van der Waals surface area contributed by atoms with Crippen LogP contribution in [0.2, 0.25) is 0 Å². The highest BCUT2D eigenvalue weighted by Crippen LogP contribution is 2.13. The molecule has 7 heteroatoms. The Morgan fingerprint density at radius 3 is 3.00 bits per heavy atom. The van der Waals surface area contributed by atoms with E-state index in [0.717, 1.165) is 0 Å². The fourth-order valence-electron chi connectivity index (χ4n) is 1.15. The van der Waals surface area contributed by atoms with Crippen molar-refractivity contribution in [3.05, 3.63) is 27.2 Å². The van der Waals surface area contributed by atoms with Gasteiger partial charge in [0, 0.05) is 10.7 Å². The van der Waals surface area contributed by atoms with Crippen molar-refractivity contribution < 1.29 is 9.90 Å². The minimum Gasteiger partial charge on any atom is -0.464 e. The van der Waals surface area contributed by atoms with Gasteiger partial charge in [-0.3, -0.25) is 0 Å². The molecule has 0 aliphatic rings. The second-order valence-electron chi connectivity index (χ2n) is 2.57. The van der Waals surface area contributed by atoms with Gasteiger partial charge in [0.1, 0.15) is 0 Å². The fourth-order valence-corrected chi connectivity index (χ4v) is 1.48. The Hall–Kier alpha value is -1.63. The number of H-pyrrole nitrogens is 1. The number of pyridine rings is 1. The number of hydrogen-bond acceptors (Lipinski definition) is 3. The van der Waals surface area contributed by atoms with Gasteiger partial charge in [0.25, 0.3) is 0 Å². The van der Waals surface area contributed by atoms with E-state index < -0.39 is 11.8 Å². The van der Waals surface area contributed by atoms with Gasteiger partial charge in [-0.25, -0.2) is 14.6 Å². The molecule has 0 radical (unpaired) electrons. The Bertz CT molecular complexity index is 571. The molecule has 72 valence electrons. The van der Waals surface area contributed by atoms with Gasteiger partial charge in [-0.15, -0.1) is 0 Å². The maximum absolute atomic E-state index is 11.2. The number of halogens is 1. The molecule has 2 aromatic heterocycles. The van der Waals surface area contributed by atoms with E-state index in [2.05, 4.69) is 25.9 Å². The van der Waals surface area contributed by atoms with Gasteiger partial charge in [0.2, 0.25) is 0 Å². The molecule has 0 saturated carbocycles. The molecule has 6 nitrogen and oxygen atoms in total. The minimum atomic E-state index is -1.35. The second-order valence-corrected chi connectivity index (χ2v) is 3.49. The quantitative estimate of drug-likeness (QED) is 0.738. The SMILES string of the molecule is O=C(O)n1c(=O)[nH]c2cc(Br)cnc21. The van der Waals surface area contributed by atoms with Crippen LogP contribution in [0.15, 0.2) is 21.5 Å². The first-order chi connectivity index (χ1) is 6.59. The van der Waals surface area contributed by atoms with Crippen LogP contribution in [0.3, 0.4) is 0 Å². The summed E-state index contributed by atoms with van der Waals surface area (Å²) in [5.74, 6) is 0. The zero-order valence-electron chi connectivity index (χ0n) is 6.69. The molecule has 0 spiro atoms. The van der Waals surface area contributed by atoms with E-state index >= 15 is 0 Å². The van der Waals surface area contributed by atoms with E-state index in [1.165, 1.54) is 6.20 Å². The molecule has 0 fully saturated rings. The molecule has 0 unspecified atom stereocenters. The number of imidazole rings is 1. The van der Waals surface area contributed by atoms with E-state index in [0.29, 0.717) is 14.6 Å². The fraction of sp³-hybridized carbons (Fsp3) is 0. The third kappa shape index (κ3) is 1.22. The second kappa shape index (κ2) is 2.95. The summed E-state index contributed by atoms with van der Waals surface area (Å²) in [5.41, 5.74) is -0.226. The van der Waals surface area contributed by atoms with Crippen molar-refractivity contribution in [1.29, 1.82) is 0 Å². The van der Waals surface area contributed by atoms with Crippen molar-refractivity contribution in [1.82, 2.24) is 14.5 Å². The number of nitrogens with one attached hydrogen (secondary N) is 1. The number of hydrogen-bond donors (Lipinski definition) is 2. The van der Waals surface area contributed by atoms with Crippen molar-refractivity contribution in [2.75, 3.05) is 0 Å². The van der Waals surface area contributed by atoms with E-state index in [9.17, 15) is 9.59 Å². The number of rotatable bonds is 0. The molecule has 0 atom stereocenters. The van der Waals surface area contributed by atoms with Crippen molar-refractivity contribution in [3.63, 3.8) is 0 Å². The zero-order valence-corrected chi connectivity index (χ0v) is 8.28. The van der Waals surface area contributed by atoms with Crippen LogP contribution in [0.1, 0.15) is 0 Å². The van der Waals surface area contributed by atoms with Crippen LogP contribution < -0.4 is 5.69 Å². The molecule has 2 N–H and O–H groups in total. The molecule has 2 aromatic rings. The Labute approximate surface area is 85.3 Å². The summed E-state index contributed by atoms with van der Waals surface area (Å²) in [5, 5.41) is 8.71. The molecule has 0 amide bonds. The summed E-state index contributed by atoms with van der Waals surface area (Å²) in [7, 11) is 0. The number of aromatic amines is 1. The normalized spacial score (nSPS) is 10.6. The average Bonchev–Trinajstić information content (AvgIpc) is 2.39. The van der Waals surface area contributed by atoms with Gasteiger partial charge < -0.3 is 10.1 Å². The lowest BCUT2D eigenvalue weighted by atomic mass is 10.4. The lowest BCUT2D eigenvalue weighted by molar-refractivity contribution is 0.196. The van der Waals surface area contributed by atoms with Gasteiger partial charge in [-0.2, -0.15) is 4.57 Å². The third-order valence-electron chi connectivity index (χ3n) is 1.68. The van der Waals surface area contributed by atoms with Crippen LogP contribution >= 0.6 is 15.9 Å². The monoisotopic (exact) mass is 257 g/mol.